The van der Waals surface area contributed by atoms with Crippen LogP contribution in [0.5, 0.6) is 0 Å². The fraction of sp³-hybridized carbons (Fsp3) is 0.500. The zero-order chi connectivity index (χ0) is 14.1. The third-order valence-corrected chi connectivity index (χ3v) is 3.65. The molecule has 1 aliphatic rings. The second-order valence-corrected chi connectivity index (χ2v) is 5.39. The first-order valence-corrected chi connectivity index (χ1v) is 6.83. The fourth-order valence-corrected chi connectivity index (χ4v) is 2.64. The van der Waals surface area contributed by atoms with Crippen LogP contribution in [-0.4, -0.2) is 43.8 Å². The van der Waals surface area contributed by atoms with E-state index in [1.165, 1.54) is 0 Å². The lowest BCUT2D eigenvalue weighted by atomic mass is 10.2. The number of aliphatic hydroxyl groups excluding tert-OH is 1. The van der Waals surface area contributed by atoms with Crippen molar-refractivity contribution in [2.45, 2.75) is 38.5 Å². The maximum atomic E-state index is 9.86. The van der Waals surface area contributed by atoms with Crippen LogP contribution in [0.2, 0.25) is 0 Å². The molecule has 0 aliphatic carbocycles. The van der Waals surface area contributed by atoms with E-state index in [9.17, 15) is 5.11 Å². The largest absolute Gasteiger partial charge is 0.392 e. The van der Waals surface area contributed by atoms with Crippen molar-refractivity contribution in [1.29, 1.82) is 0 Å². The van der Waals surface area contributed by atoms with Crippen molar-refractivity contribution in [2.24, 2.45) is 0 Å². The molecule has 2 aromatic rings. The van der Waals surface area contributed by atoms with Crippen molar-refractivity contribution in [1.82, 2.24) is 20.0 Å². The Kier molecular flexibility index (Phi) is 3.50. The first-order valence-electron chi connectivity index (χ1n) is 6.83. The molecule has 0 spiro atoms. The van der Waals surface area contributed by atoms with Gasteiger partial charge in [0, 0.05) is 30.5 Å². The summed E-state index contributed by atoms with van der Waals surface area (Å²) >= 11 is 0. The van der Waals surface area contributed by atoms with Crippen LogP contribution >= 0.6 is 0 Å². The SMILES string of the molecule is CC(C)N1CC(O)CC1c1nc(-c2ccncc2)no1. The van der Waals surface area contributed by atoms with Crippen LogP contribution in [0.3, 0.4) is 0 Å². The molecule has 106 valence electrons. The summed E-state index contributed by atoms with van der Waals surface area (Å²) in [5.74, 6) is 1.13. The topological polar surface area (TPSA) is 75.3 Å². The predicted molar refractivity (Wildman–Crippen MR) is 72.7 cm³/mol. The average Bonchev–Trinajstić information content (AvgIpc) is 3.06. The Bertz CT molecular complexity index is 570. The minimum Gasteiger partial charge on any atom is -0.392 e. The van der Waals surface area contributed by atoms with E-state index < -0.39 is 0 Å². The number of β-amino-alcohol motifs (C(OH)–C–C–N with tert-alkyl or cyclic N) is 1. The van der Waals surface area contributed by atoms with Gasteiger partial charge in [-0.3, -0.25) is 9.88 Å². The van der Waals surface area contributed by atoms with E-state index in [0.717, 1.165) is 5.56 Å². The Morgan fingerprint density at radius 2 is 2.10 bits per heavy atom. The highest BCUT2D eigenvalue weighted by molar-refractivity contribution is 5.52. The first-order chi connectivity index (χ1) is 9.65. The summed E-state index contributed by atoms with van der Waals surface area (Å²) in [5, 5.41) is 13.9. The van der Waals surface area contributed by atoms with Gasteiger partial charge in [0.15, 0.2) is 0 Å². The molecule has 1 saturated heterocycles. The molecule has 0 bridgehead atoms. The van der Waals surface area contributed by atoms with Gasteiger partial charge in [0.1, 0.15) is 0 Å². The Hall–Kier alpha value is -1.79. The molecule has 0 saturated carbocycles. The lowest BCUT2D eigenvalue weighted by Crippen LogP contribution is -2.31. The number of hydrogen-bond donors (Lipinski definition) is 1. The zero-order valence-corrected chi connectivity index (χ0v) is 11.6. The normalized spacial score (nSPS) is 23.6. The van der Waals surface area contributed by atoms with Crippen LogP contribution in [0.4, 0.5) is 0 Å². The van der Waals surface area contributed by atoms with E-state index in [-0.39, 0.29) is 12.1 Å². The maximum Gasteiger partial charge on any atom is 0.244 e. The molecule has 3 heterocycles. The van der Waals surface area contributed by atoms with Gasteiger partial charge >= 0.3 is 0 Å². The van der Waals surface area contributed by atoms with Crippen LogP contribution in [0.1, 0.15) is 32.2 Å². The van der Waals surface area contributed by atoms with Crippen LogP contribution in [0, 0.1) is 0 Å². The van der Waals surface area contributed by atoms with Gasteiger partial charge < -0.3 is 9.63 Å². The number of aromatic nitrogens is 3. The number of nitrogens with zero attached hydrogens (tertiary/aromatic N) is 4. The molecular formula is C14H18N4O2. The Labute approximate surface area is 117 Å². The summed E-state index contributed by atoms with van der Waals surface area (Å²) in [7, 11) is 0. The van der Waals surface area contributed by atoms with Crippen LogP contribution in [0.25, 0.3) is 11.4 Å². The average molecular weight is 274 g/mol. The van der Waals surface area contributed by atoms with E-state index in [0.29, 0.717) is 30.7 Å². The molecule has 3 rings (SSSR count). The van der Waals surface area contributed by atoms with Gasteiger partial charge in [0.05, 0.1) is 12.1 Å². The number of aliphatic hydroxyl groups is 1. The minimum atomic E-state index is -0.335. The fourth-order valence-electron chi connectivity index (χ4n) is 2.64. The van der Waals surface area contributed by atoms with Crippen LogP contribution in [-0.2, 0) is 0 Å². The number of likely N-dealkylation sites (tertiary alicyclic amines) is 1. The summed E-state index contributed by atoms with van der Waals surface area (Å²) in [4.78, 5) is 10.6. The highest BCUT2D eigenvalue weighted by Gasteiger charge is 2.37. The minimum absolute atomic E-state index is 0.00640. The van der Waals surface area contributed by atoms with Crippen molar-refractivity contribution >= 4 is 0 Å². The summed E-state index contributed by atoms with van der Waals surface area (Å²) < 4.78 is 5.40. The smallest absolute Gasteiger partial charge is 0.244 e. The second-order valence-electron chi connectivity index (χ2n) is 5.39. The molecule has 0 amide bonds. The lowest BCUT2D eigenvalue weighted by Gasteiger charge is -2.25. The number of pyridine rings is 1. The van der Waals surface area contributed by atoms with E-state index in [1.807, 2.05) is 12.1 Å². The summed E-state index contributed by atoms with van der Waals surface area (Å²) in [6.07, 6.45) is 3.70. The first kappa shape index (κ1) is 13.2. The van der Waals surface area contributed by atoms with Crippen molar-refractivity contribution in [3.05, 3.63) is 30.4 Å². The Morgan fingerprint density at radius 3 is 2.80 bits per heavy atom. The van der Waals surface area contributed by atoms with Gasteiger partial charge in [-0.25, -0.2) is 0 Å². The van der Waals surface area contributed by atoms with Crippen molar-refractivity contribution in [3.63, 3.8) is 0 Å². The van der Waals surface area contributed by atoms with E-state index >= 15 is 0 Å². The quantitative estimate of drug-likeness (QED) is 0.917. The second kappa shape index (κ2) is 5.30. The molecule has 6 heteroatoms. The third-order valence-electron chi connectivity index (χ3n) is 3.65. The molecule has 6 nitrogen and oxygen atoms in total. The van der Waals surface area contributed by atoms with Gasteiger partial charge in [0.25, 0.3) is 0 Å². The third kappa shape index (κ3) is 2.44. The number of rotatable bonds is 3. The highest BCUT2D eigenvalue weighted by Crippen LogP contribution is 2.33. The Balaban J connectivity index is 1.86. The summed E-state index contributed by atoms with van der Waals surface area (Å²) in [6.45, 7) is 4.85. The molecule has 2 unspecified atom stereocenters. The van der Waals surface area contributed by atoms with E-state index in [1.54, 1.807) is 12.4 Å². The van der Waals surface area contributed by atoms with Crippen molar-refractivity contribution in [2.75, 3.05) is 6.54 Å². The number of hydrogen-bond acceptors (Lipinski definition) is 6. The molecular weight excluding hydrogens is 256 g/mol. The maximum absolute atomic E-state index is 9.86. The molecule has 0 aromatic carbocycles. The van der Waals surface area contributed by atoms with Crippen molar-refractivity contribution in [3.8, 4) is 11.4 Å². The molecule has 1 aliphatic heterocycles. The van der Waals surface area contributed by atoms with Gasteiger partial charge in [-0.15, -0.1) is 0 Å². The molecule has 0 radical (unpaired) electrons. The molecule has 1 N–H and O–H groups in total. The summed E-state index contributed by atoms with van der Waals surface area (Å²) in [5.41, 5.74) is 0.879. The van der Waals surface area contributed by atoms with Crippen LogP contribution < -0.4 is 0 Å². The van der Waals surface area contributed by atoms with Crippen LogP contribution in [0.15, 0.2) is 29.0 Å². The Morgan fingerprint density at radius 1 is 1.35 bits per heavy atom. The molecule has 20 heavy (non-hydrogen) atoms. The van der Waals surface area contributed by atoms with E-state index in [2.05, 4.69) is 33.9 Å². The predicted octanol–water partition coefficient (Wildman–Crippen LogP) is 1.65. The van der Waals surface area contributed by atoms with Gasteiger partial charge in [-0.1, -0.05) is 5.16 Å². The summed E-state index contributed by atoms with van der Waals surface area (Å²) in [6, 6.07) is 4.01. The van der Waals surface area contributed by atoms with E-state index in [4.69, 9.17) is 4.52 Å². The van der Waals surface area contributed by atoms with Gasteiger partial charge in [-0.05, 0) is 32.4 Å². The lowest BCUT2D eigenvalue weighted by molar-refractivity contribution is 0.150. The van der Waals surface area contributed by atoms with Crippen molar-refractivity contribution < 1.29 is 9.63 Å². The molecule has 2 atom stereocenters. The van der Waals surface area contributed by atoms with Gasteiger partial charge in [-0.2, -0.15) is 4.98 Å². The molecule has 2 aromatic heterocycles. The highest BCUT2D eigenvalue weighted by atomic mass is 16.5. The van der Waals surface area contributed by atoms with Gasteiger partial charge in [0.2, 0.25) is 11.7 Å². The zero-order valence-electron chi connectivity index (χ0n) is 11.6. The molecule has 1 fully saturated rings. The monoisotopic (exact) mass is 274 g/mol. The standard InChI is InChI=1S/C14H18N4O2/c1-9(2)18-8-11(19)7-12(18)14-16-13(17-20-14)10-3-5-15-6-4-10/h3-6,9,11-12,19H,7-8H2,1-2H3.